The molecule has 1 aromatic carbocycles. The molecule has 1 aliphatic rings. The minimum absolute atomic E-state index is 0.0490. The van der Waals surface area contributed by atoms with Gasteiger partial charge in [-0.1, -0.05) is 45.4 Å². The SMILES string of the molecule is CCCCn1c(=O)[nH]c(=O)c2c1nc(CCC(=O)N1c3ccccc3CC1C)n2CC(C)C. The number of rotatable bonds is 8. The number of aromatic nitrogens is 4. The average molecular weight is 452 g/mol. The van der Waals surface area contributed by atoms with Gasteiger partial charge in [0, 0.05) is 37.7 Å². The number of aryl methyl sites for hydroxylation is 2. The van der Waals surface area contributed by atoms with E-state index in [4.69, 9.17) is 4.98 Å². The summed E-state index contributed by atoms with van der Waals surface area (Å²) in [6, 6.07) is 8.15. The van der Waals surface area contributed by atoms with Crippen LogP contribution in [-0.2, 0) is 30.7 Å². The Morgan fingerprint density at radius 2 is 1.97 bits per heavy atom. The van der Waals surface area contributed by atoms with Crippen molar-refractivity contribution >= 4 is 22.8 Å². The van der Waals surface area contributed by atoms with Gasteiger partial charge in [-0.3, -0.25) is 19.1 Å². The number of hydrogen-bond acceptors (Lipinski definition) is 4. The van der Waals surface area contributed by atoms with E-state index in [1.165, 1.54) is 5.56 Å². The Morgan fingerprint density at radius 1 is 1.21 bits per heavy atom. The van der Waals surface area contributed by atoms with Gasteiger partial charge in [0.25, 0.3) is 5.56 Å². The van der Waals surface area contributed by atoms with Gasteiger partial charge in [-0.25, -0.2) is 9.78 Å². The van der Waals surface area contributed by atoms with Crippen molar-refractivity contribution in [3.8, 4) is 0 Å². The minimum Gasteiger partial charge on any atom is -0.322 e. The van der Waals surface area contributed by atoms with Crippen LogP contribution in [0.2, 0.25) is 0 Å². The molecule has 0 saturated heterocycles. The first-order valence-corrected chi connectivity index (χ1v) is 11.9. The van der Waals surface area contributed by atoms with Gasteiger partial charge in [0.2, 0.25) is 5.91 Å². The van der Waals surface area contributed by atoms with Gasteiger partial charge in [-0.15, -0.1) is 0 Å². The van der Waals surface area contributed by atoms with Crippen molar-refractivity contribution in [1.82, 2.24) is 19.1 Å². The maximum Gasteiger partial charge on any atom is 0.330 e. The highest BCUT2D eigenvalue weighted by molar-refractivity contribution is 5.96. The summed E-state index contributed by atoms with van der Waals surface area (Å²) < 4.78 is 3.45. The second-order valence-electron chi connectivity index (χ2n) is 9.41. The maximum atomic E-state index is 13.2. The molecule has 0 radical (unpaired) electrons. The second-order valence-corrected chi connectivity index (χ2v) is 9.41. The van der Waals surface area contributed by atoms with E-state index in [0.29, 0.717) is 36.5 Å². The Bertz CT molecular complexity index is 1280. The van der Waals surface area contributed by atoms with Crippen molar-refractivity contribution in [2.24, 2.45) is 5.92 Å². The van der Waals surface area contributed by atoms with Crippen LogP contribution in [0.5, 0.6) is 0 Å². The molecule has 8 heteroatoms. The van der Waals surface area contributed by atoms with Crippen molar-refractivity contribution in [2.75, 3.05) is 4.90 Å². The second kappa shape index (κ2) is 9.37. The van der Waals surface area contributed by atoms with E-state index in [1.54, 1.807) is 4.57 Å². The van der Waals surface area contributed by atoms with E-state index in [9.17, 15) is 14.4 Å². The van der Waals surface area contributed by atoms with Gasteiger partial charge in [0.05, 0.1) is 0 Å². The van der Waals surface area contributed by atoms with Crippen molar-refractivity contribution < 1.29 is 4.79 Å². The molecule has 1 aliphatic heterocycles. The van der Waals surface area contributed by atoms with Crippen LogP contribution in [0.3, 0.4) is 0 Å². The molecule has 0 spiro atoms. The maximum absolute atomic E-state index is 13.2. The highest BCUT2D eigenvalue weighted by atomic mass is 16.2. The number of nitrogens with zero attached hydrogens (tertiary/aromatic N) is 4. The van der Waals surface area contributed by atoms with Crippen molar-refractivity contribution in [1.29, 1.82) is 0 Å². The monoisotopic (exact) mass is 451 g/mol. The molecule has 0 aliphatic carbocycles. The van der Waals surface area contributed by atoms with Gasteiger partial charge < -0.3 is 9.47 Å². The normalized spacial score (nSPS) is 15.5. The standard InChI is InChI=1S/C25H33N5O3/c1-5-6-13-28-23-22(24(32)27-25(28)33)29(15-16(2)3)20(26-23)11-12-21(31)30-17(4)14-18-9-7-8-10-19(18)30/h7-10,16-17H,5-6,11-15H2,1-4H3,(H,27,32,33). The predicted molar refractivity (Wildman–Crippen MR) is 130 cm³/mol. The number of fused-ring (bicyclic) bond motifs is 2. The molecule has 3 aromatic rings. The summed E-state index contributed by atoms with van der Waals surface area (Å²) in [5, 5.41) is 0. The highest BCUT2D eigenvalue weighted by Gasteiger charge is 2.30. The number of H-pyrrole nitrogens is 1. The lowest BCUT2D eigenvalue weighted by Crippen LogP contribution is -2.36. The Kier molecular flexibility index (Phi) is 6.54. The molecule has 1 N–H and O–H groups in total. The predicted octanol–water partition coefficient (Wildman–Crippen LogP) is 3.25. The Morgan fingerprint density at radius 3 is 2.70 bits per heavy atom. The first-order chi connectivity index (χ1) is 15.8. The summed E-state index contributed by atoms with van der Waals surface area (Å²) >= 11 is 0. The summed E-state index contributed by atoms with van der Waals surface area (Å²) in [5.41, 5.74) is 2.16. The number of unbranched alkanes of at least 4 members (excludes halogenated alkanes) is 1. The molecule has 3 heterocycles. The summed E-state index contributed by atoms with van der Waals surface area (Å²) in [5.74, 6) is 0.999. The third kappa shape index (κ3) is 4.38. The van der Waals surface area contributed by atoms with E-state index < -0.39 is 11.2 Å². The molecule has 33 heavy (non-hydrogen) atoms. The van der Waals surface area contributed by atoms with Crippen LogP contribution in [0.15, 0.2) is 33.9 Å². The molecule has 1 amide bonds. The molecule has 2 aromatic heterocycles. The lowest BCUT2D eigenvalue weighted by Gasteiger charge is -2.22. The van der Waals surface area contributed by atoms with Crippen LogP contribution in [0.4, 0.5) is 5.69 Å². The number of anilines is 1. The van der Waals surface area contributed by atoms with Crippen LogP contribution in [0.1, 0.15) is 58.3 Å². The average Bonchev–Trinajstić information content (AvgIpc) is 3.28. The van der Waals surface area contributed by atoms with E-state index in [1.807, 2.05) is 27.7 Å². The first kappa shape index (κ1) is 23.0. The number of aromatic amines is 1. The van der Waals surface area contributed by atoms with E-state index >= 15 is 0 Å². The highest BCUT2D eigenvalue weighted by Crippen LogP contribution is 2.32. The van der Waals surface area contributed by atoms with Crippen LogP contribution in [-0.4, -0.2) is 31.1 Å². The Balaban J connectivity index is 1.68. The smallest absolute Gasteiger partial charge is 0.322 e. The van der Waals surface area contributed by atoms with Crippen molar-refractivity contribution in [3.05, 3.63) is 56.5 Å². The van der Waals surface area contributed by atoms with E-state index in [2.05, 4.69) is 38.7 Å². The van der Waals surface area contributed by atoms with Crippen LogP contribution in [0, 0.1) is 5.92 Å². The fourth-order valence-corrected chi connectivity index (χ4v) is 4.78. The molecule has 0 bridgehead atoms. The number of imidazole rings is 1. The number of para-hydroxylation sites is 1. The Hall–Kier alpha value is -3.16. The molecule has 4 rings (SSSR count). The van der Waals surface area contributed by atoms with Gasteiger partial charge in [-0.2, -0.15) is 0 Å². The molecule has 0 saturated carbocycles. The topological polar surface area (TPSA) is 93.0 Å². The zero-order chi connectivity index (χ0) is 23.7. The summed E-state index contributed by atoms with van der Waals surface area (Å²) in [4.78, 5) is 47.6. The third-order valence-electron chi connectivity index (χ3n) is 6.29. The van der Waals surface area contributed by atoms with Crippen molar-refractivity contribution in [3.63, 3.8) is 0 Å². The first-order valence-electron chi connectivity index (χ1n) is 11.9. The number of amides is 1. The quantitative estimate of drug-likeness (QED) is 0.569. The number of nitrogens with one attached hydrogen (secondary N) is 1. The third-order valence-corrected chi connectivity index (χ3v) is 6.29. The van der Waals surface area contributed by atoms with Gasteiger partial charge in [0.15, 0.2) is 11.2 Å². The molecular formula is C25H33N5O3. The number of benzene rings is 1. The summed E-state index contributed by atoms with van der Waals surface area (Å²) in [6.07, 6.45) is 3.30. The Labute approximate surface area is 193 Å². The number of hydrogen-bond donors (Lipinski definition) is 1. The summed E-state index contributed by atoms with van der Waals surface area (Å²) in [7, 11) is 0. The molecule has 1 unspecified atom stereocenters. The van der Waals surface area contributed by atoms with Crippen LogP contribution < -0.4 is 16.1 Å². The lowest BCUT2D eigenvalue weighted by atomic mass is 10.1. The van der Waals surface area contributed by atoms with Crippen LogP contribution in [0.25, 0.3) is 11.2 Å². The molecule has 8 nitrogen and oxygen atoms in total. The van der Waals surface area contributed by atoms with Crippen molar-refractivity contribution in [2.45, 2.75) is 78.9 Å². The van der Waals surface area contributed by atoms with Gasteiger partial charge >= 0.3 is 5.69 Å². The largest absolute Gasteiger partial charge is 0.330 e. The van der Waals surface area contributed by atoms with E-state index in [-0.39, 0.29) is 24.3 Å². The fourth-order valence-electron chi connectivity index (χ4n) is 4.78. The lowest BCUT2D eigenvalue weighted by molar-refractivity contribution is -0.118. The molecular weight excluding hydrogens is 418 g/mol. The molecule has 176 valence electrons. The van der Waals surface area contributed by atoms with E-state index in [0.717, 1.165) is 24.9 Å². The summed E-state index contributed by atoms with van der Waals surface area (Å²) in [6.45, 7) is 9.37. The number of carbonyl (C=O) groups excluding carboxylic acids is 1. The van der Waals surface area contributed by atoms with Gasteiger partial charge in [0.1, 0.15) is 5.82 Å². The fraction of sp³-hybridized carbons (Fsp3) is 0.520. The van der Waals surface area contributed by atoms with Gasteiger partial charge in [-0.05, 0) is 37.3 Å². The molecule has 0 fully saturated rings. The number of carbonyl (C=O) groups is 1. The molecule has 1 atom stereocenters. The minimum atomic E-state index is -0.430. The van der Waals surface area contributed by atoms with Crippen LogP contribution >= 0.6 is 0 Å². The zero-order valence-corrected chi connectivity index (χ0v) is 19.9. The zero-order valence-electron chi connectivity index (χ0n) is 19.9.